The summed E-state index contributed by atoms with van der Waals surface area (Å²) in [7, 11) is -3.97. The molecule has 6 nitrogen and oxygen atoms in total. The van der Waals surface area contributed by atoms with Crippen molar-refractivity contribution in [1.82, 2.24) is 4.72 Å². The largest absolute Gasteiger partial charge is 0.478 e. The van der Waals surface area contributed by atoms with E-state index in [1.165, 1.54) is 12.1 Å². The summed E-state index contributed by atoms with van der Waals surface area (Å²) >= 11 is 0. The molecule has 0 spiro atoms. The zero-order chi connectivity index (χ0) is 15.5. The van der Waals surface area contributed by atoms with Gasteiger partial charge in [0.25, 0.3) is 0 Å². The lowest BCUT2D eigenvalue weighted by Crippen LogP contribution is -2.35. The van der Waals surface area contributed by atoms with Gasteiger partial charge in [-0.05, 0) is 30.2 Å². The van der Waals surface area contributed by atoms with Gasteiger partial charge in [0.15, 0.2) is 0 Å². The molecule has 21 heavy (non-hydrogen) atoms. The van der Waals surface area contributed by atoms with Crippen LogP contribution < -0.4 is 4.72 Å². The van der Waals surface area contributed by atoms with Crippen LogP contribution in [0.1, 0.15) is 12.0 Å². The van der Waals surface area contributed by atoms with Crippen molar-refractivity contribution in [3.63, 3.8) is 0 Å². The van der Waals surface area contributed by atoms with Gasteiger partial charge in [-0.25, -0.2) is 22.3 Å². The quantitative estimate of drug-likeness (QED) is 0.791. The van der Waals surface area contributed by atoms with E-state index in [2.05, 4.69) is 4.72 Å². The summed E-state index contributed by atoms with van der Waals surface area (Å²) in [6.07, 6.45) is 2.57. The van der Waals surface area contributed by atoms with Crippen LogP contribution in [-0.2, 0) is 19.6 Å². The predicted molar refractivity (Wildman–Crippen MR) is 72.6 cm³/mol. The van der Waals surface area contributed by atoms with Crippen LogP contribution in [0.5, 0.6) is 0 Å². The van der Waals surface area contributed by atoms with Crippen LogP contribution in [0.3, 0.4) is 0 Å². The second-order valence-corrected chi connectivity index (χ2v) is 6.23. The molecule has 8 heteroatoms. The predicted octanol–water partition coefficient (Wildman–Crippen LogP) is 0.991. The molecule has 2 rings (SSSR count). The third-order valence-corrected chi connectivity index (χ3v) is 4.47. The molecule has 1 aromatic carbocycles. The molecule has 0 saturated carbocycles. The monoisotopic (exact) mass is 315 g/mol. The number of hydrogen-bond donors (Lipinski definition) is 2. The van der Waals surface area contributed by atoms with Crippen LogP contribution >= 0.6 is 0 Å². The van der Waals surface area contributed by atoms with Gasteiger partial charge in [-0.2, -0.15) is 0 Å². The van der Waals surface area contributed by atoms with E-state index >= 15 is 0 Å². The molecule has 0 aliphatic carbocycles. The molecule has 1 aliphatic rings. The molecule has 1 heterocycles. The second-order valence-electron chi connectivity index (χ2n) is 4.54. The molecule has 0 aromatic heterocycles. The Morgan fingerprint density at radius 3 is 2.81 bits per heavy atom. The maximum atomic E-state index is 13.9. The first-order valence-corrected chi connectivity index (χ1v) is 7.67. The number of sulfonamides is 1. The van der Waals surface area contributed by atoms with E-state index in [0.29, 0.717) is 13.0 Å². The SMILES string of the molecule is O=C(O)/C=C/c1ccc(S(=O)(=O)NC2CCOC2)c(F)c1. The fourth-order valence-electron chi connectivity index (χ4n) is 1.92. The van der Waals surface area contributed by atoms with Crippen LogP contribution in [0.2, 0.25) is 0 Å². The van der Waals surface area contributed by atoms with Gasteiger partial charge >= 0.3 is 5.97 Å². The van der Waals surface area contributed by atoms with E-state index in [9.17, 15) is 17.6 Å². The van der Waals surface area contributed by atoms with Crippen molar-refractivity contribution in [2.75, 3.05) is 13.2 Å². The first kappa shape index (κ1) is 15.6. The molecule has 1 aromatic rings. The van der Waals surface area contributed by atoms with E-state index in [1.807, 2.05) is 0 Å². The Morgan fingerprint density at radius 1 is 1.48 bits per heavy atom. The number of carboxylic acids is 1. The summed E-state index contributed by atoms with van der Waals surface area (Å²) in [4.78, 5) is 9.91. The van der Waals surface area contributed by atoms with Crippen molar-refractivity contribution in [2.45, 2.75) is 17.4 Å². The molecule has 114 valence electrons. The normalized spacial score (nSPS) is 19.2. The average molecular weight is 315 g/mol. The third kappa shape index (κ3) is 4.10. The number of carboxylic acid groups (broad SMARTS) is 1. The van der Waals surface area contributed by atoms with Crippen LogP contribution in [0.15, 0.2) is 29.2 Å². The number of nitrogens with one attached hydrogen (secondary N) is 1. The highest BCUT2D eigenvalue weighted by Crippen LogP contribution is 2.18. The third-order valence-electron chi connectivity index (χ3n) is 2.92. The zero-order valence-electron chi connectivity index (χ0n) is 11.0. The van der Waals surface area contributed by atoms with Crippen molar-refractivity contribution in [2.24, 2.45) is 0 Å². The van der Waals surface area contributed by atoms with Gasteiger partial charge in [-0.1, -0.05) is 6.07 Å². The van der Waals surface area contributed by atoms with Crippen molar-refractivity contribution < 1.29 is 27.4 Å². The van der Waals surface area contributed by atoms with Crippen molar-refractivity contribution in [3.8, 4) is 0 Å². The molecule has 1 fully saturated rings. The van der Waals surface area contributed by atoms with E-state index in [-0.39, 0.29) is 18.2 Å². The van der Waals surface area contributed by atoms with Gasteiger partial charge in [-0.3, -0.25) is 0 Å². The number of halogens is 1. The first-order valence-electron chi connectivity index (χ1n) is 6.19. The average Bonchev–Trinajstić information content (AvgIpc) is 2.88. The van der Waals surface area contributed by atoms with Gasteiger partial charge in [0.05, 0.1) is 6.61 Å². The Hall–Kier alpha value is -1.77. The summed E-state index contributed by atoms with van der Waals surface area (Å²) < 4.78 is 45.5. The van der Waals surface area contributed by atoms with Crippen LogP contribution in [0.4, 0.5) is 4.39 Å². The van der Waals surface area contributed by atoms with E-state index in [4.69, 9.17) is 9.84 Å². The minimum Gasteiger partial charge on any atom is -0.478 e. The number of aliphatic carboxylic acids is 1. The maximum Gasteiger partial charge on any atom is 0.328 e. The Bertz CT molecular complexity index is 665. The summed E-state index contributed by atoms with van der Waals surface area (Å²) in [5, 5.41) is 8.49. The fraction of sp³-hybridized carbons (Fsp3) is 0.308. The summed E-state index contributed by atoms with van der Waals surface area (Å²) in [6.45, 7) is 0.731. The Labute approximate surface area is 121 Å². The molecule has 1 unspecified atom stereocenters. The van der Waals surface area contributed by atoms with Gasteiger partial charge < -0.3 is 9.84 Å². The molecular weight excluding hydrogens is 301 g/mol. The number of carbonyl (C=O) groups is 1. The molecule has 1 atom stereocenters. The lowest BCUT2D eigenvalue weighted by Gasteiger charge is -2.12. The van der Waals surface area contributed by atoms with Gasteiger partial charge in [-0.15, -0.1) is 0 Å². The van der Waals surface area contributed by atoms with E-state index in [0.717, 1.165) is 18.2 Å². The minimum atomic E-state index is -3.97. The highest BCUT2D eigenvalue weighted by atomic mass is 32.2. The number of benzene rings is 1. The topological polar surface area (TPSA) is 92.7 Å². The molecule has 1 saturated heterocycles. The molecule has 0 bridgehead atoms. The minimum absolute atomic E-state index is 0.262. The van der Waals surface area contributed by atoms with E-state index < -0.39 is 26.7 Å². The van der Waals surface area contributed by atoms with Crippen molar-refractivity contribution in [3.05, 3.63) is 35.7 Å². The van der Waals surface area contributed by atoms with Crippen molar-refractivity contribution >= 4 is 22.1 Å². The molecular formula is C13H14FNO5S. The summed E-state index contributed by atoms with van der Waals surface area (Å²) in [5.41, 5.74) is 0.262. The molecule has 2 N–H and O–H groups in total. The lowest BCUT2D eigenvalue weighted by atomic mass is 10.2. The van der Waals surface area contributed by atoms with Crippen LogP contribution in [0, 0.1) is 5.82 Å². The summed E-state index contributed by atoms with van der Waals surface area (Å²) in [5.74, 6) is -2.11. The second kappa shape index (κ2) is 6.33. The zero-order valence-corrected chi connectivity index (χ0v) is 11.8. The van der Waals surface area contributed by atoms with Gasteiger partial charge in [0.1, 0.15) is 10.7 Å². The summed E-state index contributed by atoms with van der Waals surface area (Å²) in [6, 6.07) is 3.05. The van der Waals surface area contributed by atoms with Crippen LogP contribution in [-0.4, -0.2) is 38.7 Å². The van der Waals surface area contributed by atoms with Gasteiger partial charge in [0, 0.05) is 18.7 Å². The number of rotatable bonds is 5. The number of ether oxygens (including phenoxy) is 1. The molecule has 0 radical (unpaired) electrons. The van der Waals surface area contributed by atoms with Crippen molar-refractivity contribution in [1.29, 1.82) is 0 Å². The highest BCUT2D eigenvalue weighted by Gasteiger charge is 2.25. The standard InChI is InChI=1S/C13H14FNO5S/c14-11-7-9(2-4-13(16)17)1-3-12(11)21(18,19)15-10-5-6-20-8-10/h1-4,7,10,15H,5-6,8H2,(H,16,17)/b4-2+. The van der Waals surface area contributed by atoms with Gasteiger partial charge in [0.2, 0.25) is 10.0 Å². The Kier molecular flexibility index (Phi) is 4.71. The highest BCUT2D eigenvalue weighted by molar-refractivity contribution is 7.89. The first-order chi connectivity index (χ1) is 9.88. The Morgan fingerprint density at radius 2 is 2.24 bits per heavy atom. The van der Waals surface area contributed by atoms with E-state index in [1.54, 1.807) is 0 Å². The lowest BCUT2D eigenvalue weighted by molar-refractivity contribution is -0.131. The molecule has 0 amide bonds. The smallest absolute Gasteiger partial charge is 0.328 e. The molecule has 1 aliphatic heterocycles. The number of hydrogen-bond acceptors (Lipinski definition) is 4. The fourth-order valence-corrected chi connectivity index (χ4v) is 3.23. The maximum absolute atomic E-state index is 13.9. The Balaban J connectivity index is 2.21. The van der Waals surface area contributed by atoms with Crippen LogP contribution in [0.25, 0.3) is 6.08 Å².